The Morgan fingerprint density at radius 3 is 2.62 bits per heavy atom. The van der Waals surface area contributed by atoms with Gasteiger partial charge in [0, 0.05) is 18.8 Å². The summed E-state index contributed by atoms with van der Waals surface area (Å²) in [5.74, 6) is 0.542. The third kappa shape index (κ3) is 4.24. The minimum absolute atomic E-state index is 0.0356. The molecule has 1 aliphatic heterocycles. The second-order valence-electron chi connectivity index (χ2n) is 8.34. The molecule has 2 heterocycles. The number of carbonyl (C=O) groups excluding carboxylic acids is 1. The predicted molar refractivity (Wildman–Crippen MR) is 108 cm³/mol. The first kappa shape index (κ1) is 18.4. The smallest absolute Gasteiger partial charge is 0.274 e. The highest BCUT2D eigenvalue weighted by atomic mass is 16.1. The Morgan fingerprint density at radius 1 is 1.19 bits per heavy atom. The lowest BCUT2D eigenvalue weighted by molar-refractivity contribution is 0.102. The number of amides is 1. The molecule has 1 aliphatic rings. The molecular weight excluding hydrogens is 322 g/mol. The van der Waals surface area contributed by atoms with Crippen LogP contribution in [0.1, 0.15) is 56.6 Å². The summed E-state index contributed by atoms with van der Waals surface area (Å²) in [4.78, 5) is 19.4. The SMILES string of the molecule is CC1CCCN(c2ccc(C(=O)Nc3ccccc3C(C)(C)C)nc2)C1. The van der Waals surface area contributed by atoms with Crippen LogP contribution in [0.25, 0.3) is 0 Å². The van der Waals surface area contributed by atoms with Gasteiger partial charge in [0.15, 0.2) is 0 Å². The molecule has 1 amide bonds. The molecule has 26 heavy (non-hydrogen) atoms. The Bertz CT molecular complexity index is 762. The Hall–Kier alpha value is -2.36. The van der Waals surface area contributed by atoms with E-state index in [1.807, 2.05) is 36.5 Å². The monoisotopic (exact) mass is 351 g/mol. The molecule has 0 aliphatic carbocycles. The van der Waals surface area contributed by atoms with Gasteiger partial charge in [0.1, 0.15) is 5.69 Å². The number of hydrogen-bond donors (Lipinski definition) is 1. The van der Waals surface area contributed by atoms with Crippen LogP contribution in [0.4, 0.5) is 11.4 Å². The topological polar surface area (TPSA) is 45.2 Å². The molecule has 1 saturated heterocycles. The minimum Gasteiger partial charge on any atom is -0.370 e. The molecule has 1 atom stereocenters. The molecule has 3 rings (SSSR count). The average molecular weight is 351 g/mol. The van der Waals surface area contributed by atoms with Crippen molar-refractivity contribution in [3.05, 3.63) is 53.9 Å². The van der Waals surface area contributed by atoms with Crippen molar-refractivity contribution in [1.82, 2.24) is 4.98 Å². The number of pyridine rings is 1. The molecule has 4 heteroatoms. The fourth-order valence-electron chi connectivity index (χ4n) is 3.56. The van der Waals surface area contributed by atoms with E-state index in [1.165, 1.54) is 12.8 Å². The number of rotatable bonds is 3. The van der Waals surface area contributed by atoms with E-state index in [4.69, 9.17) is 0 Å². The second kappa shape index (κ2) is 7.48. The van der Waals surface area contributed by atoms with Crippen molar-refractivity contribution < 1.29 is 4.79 Å². The van der Waals surface area contributed by atoms with Crippen molar-refractivity contribution in [2.45, 2.75) is 46.0 Å². The Labute approximate surface area is 156 Å². The molecular formula is C22H29N3O. The molecule has 1 aromatic heterocycles. The van der Waals surface area contributed by atoms with Crippen LogP contribution in [0.5, 0.6) is 0 Å². The van der Waals surface area contributed by atoms with Gasteiger partial charge in [-0.3, -0.25) is 4.79 Å². The molecule has 138 valence electrons. The van der Waals surface area contributed by atoms with Gasteiger partial charge in [-0.05, 0) is 47.9 Å². The van der Waals surface area contributed by atoms with E-state index in [0.29, 0.717) is 11.6 Å². The highest BCUT2D eigenvalue weighted by Crippen LogP contribution is 2.29. The number of benzene rings is 1. The second-order valence-corrected chi connectivity index (χ2v) is 8.34. The van der Waals surface area contributed by atoms with Gasteiger partial charge in [0.05, 0.1) is 11.9 Å². The largest absolute Gasteiger partial charge is 0.370 e. The van der Waals surface area contributed by atoms with Gasteiger partial charge < -0.3 is 10.2 Å². The van der Waals surface area contributed by atoms with Crippen LogP contribution < -0.4 is 10.2 Å². The maximum atomic E-state index is 12.6. The van der Waals surface area contributed by atoms with E-state index in [2.05, 4.69) is 49.0 Å². The first-order valence-electron chi connectivity index (χ1n) is 9.46. The molecule has 1 fully saturated rings. The van der Waals surface area contributed by atoms with Crippen LogP contribution in [0, 0.1) is 5.92 Å². The van der Waals surface area contributed by atoms with Crippen molar-refractivity contribution in [2.24, 2.45) is 5.92 Å². The summed E-state index contributed by atoms with van der Waals surface area (Å²) >= 11 is 0. The van der Waals surface area contributed by atoms with Gasteiger partial charge in [-0.15, -0.1) is 0 Å². The Balaban J connectivity index is 1.73. The standard InChI is InChI=1S/C22H29N3O/c1-16-8-7-13-25(15-16)17-11-12-20(23-14-17)21(26)24-19-10-6-5-9-18(19)22(2,3)4/h5-6,9-12,14,16H,7-8,13,15H2,1-4H3,(H,24,26). The molecule has 2 aromatic rings. The number of para-hydroxylation sites is 1. The normalized spacial score (nSPS) is 17.8. The van der Waals surface area contributed by atoms with Crippen LogP contribution >= 0.6 is 0 Å². The lowest BCUT2D eigenvalue weighted by Gasteiger charge is -2.32. The average Bonchev–Trinajstić information content (AvgIpc) is 2.61. The van der Waals surface area contributed by atoms with Crippen LogP contribution in [0.2, 0.25) is 0 Å². The molecule has 1 unspecified atom stereocenters. The number of piperidine rings is 1. The maximum Gasteiger partial charge on any atom is 0.274 e. The summed E-state index contributed by atoms with van der Waals surface area (Å²) in [5.41, 5.74) is 3.48. The summed E-state index contributed by atoms with van der Waals surface area (Å²) in [6.45, 7) is 10.8. The first-order valence-corrected chi connectivity index (χ1v) is 9.46. The molecule has 1 N–H and O–H groups in total. The number of nitrogens with zero attached hydrogens (tertiary/aromatic N) is 2. The summed E-state index contributed by atoms with van der Waals surface area (Å²) < 4.78 is 0. The van der Waals surface area contributed by atoms with Crippen LogP contribution in [0.15, 0.2) is 42.6 Å². The van der Waals surface area contributed by atoms with Crippen molar-refractivity contribution in [2.75, 3.05) is 23.3 Å². The van der Waals surface area contributed by atoms with Gasteiger partial charge in [0.2, 0.25) is 0 Å². The zero-order chi connectivity index (χ0) is 18.7. The van der Waals surface area contributed by atoms with E-state index in [1.54, 1.807) is 0 Å². The van der Waals surface area contributed by atoms with E-state index in [0.717, 1.165) is 30.0 Å². The van der Waals surface area contributed by atoms with Crippen LogP contribution in [-0.4, -0.2) is 24.0 Å². The molecule has 0 bridgehead atoms. The lowest BCUT2D eigenvalue weighted by Crippen LogP contribution is -2.34. The molecule has 0 saturated carbocycles. The zero-order valence-electron chi connectivity index (χ0n) is 16.2. The Morgan fingerprint density at radius 2 is 1.96 bits per heavy atom. The fourth-order valence-corrected chi connectivity index (χ4v) is 3.56. The summed E-state index contributed by atoms with van der Waals surface area (Å²) in [6, 6.07) is 11.8. The Kier molecular flexibility index (Phi) is 5.30. The first-order chi connectivity index (χ1) is 12.3. The minimum atomic E-state index is -0.166. The van der Waals surface area contributed by atoms with Gasteiger partial charge in [0.25, 0.3) is 5.91 Å². The van der Waals surface area contributed by atoms with Gasteiger partial charge in [-0.1, -0.05) is 45.9 Å². The quantitative estimate of drug-likeness (QED) is 0.858. The zero-order valence-corrected chi connectivity index (χ0v) is 16.2. The number of nitrogens with one attached hydrogen (secondary N) is 1. The summed E-state index contributed by atoms with van der Waals surface area (Å²) in [6.07, 6.45) is 4.33. The van der Waals surface area contributed by atoms with Crippen LogP contribution in [0.3, 0.4) is 0 Å². The molecule has 0 spiro atoms. The van der Waals surface area contributed by atoms with E-state index >= 15 is 0 Å². The number of anilines is 2. The van der Waals surface area contributed by atoms with E-state index in [9.17, 15) is 4.79 Å². The van der Waals surface area contributed by atoms with Gasteiger partial charge >= 0.3 is 0 Å². The summed E-state index contributed by atoms with van der Waals surface area (Å²) in [7, 11) is 0. The third-order valence-corrected chi connectivity index (χ3v) is 4.99. The number of hydrogen-bond acceptors (Lipinski definition) is 3. The lowest BCUT2D eigenvalue weighted by atomic mass is 9.86. The van der Waals surface area contributed by atoms with Crippen molar-refractivity contribution in [3.63, 3.8) is 0 Å². The van der Waals surface area contributed by atoms with Gasteiger partial charge in [-0.25, -0.2) is 4.98 Å². The number of aromatic nitrogens is 1. The van der Waals surface area contributed by atoms with Crippen LogP contribution in [-0.2, 0) is 5.41 Å². The van der Waals surface area contributed by atoms with E-state index in [-0.39, 0.29) is 11.3 Å². The highest BCUT2D eigenvalue weighted by molar-refractivity contribution is 6.03. The number of carbonyl (C=O) groups is 1. The van der Waals surface area contributed by atoms with Crippen molar-refractivity contribution in [1.29, 1.82) is 0 Å². The highest BCUT2D eigenvalue weighted by Gasteiger charge is 2.20. The molecule has 0 radical (unpaired) electrons. The summed E-state index contributed by atoms with van der Waals surface area (Å²) in [5, 5.41) is 3.02. The van der Waals surface area contributed by atoms with E-state index < -0.39 is 0 Å². The van der Waals surface area contributed by atoms with Gasteiger partial charge in [-0.2, -0.15) is 0 Å². The maximum absolute atomic E-state index is 12.6. The van der Waals surface area contributed by atoms with Crippen molar-refractivity contribution >= 4 is 17.3 Å². The molecule has 4 nitrogen and oxygen atoms in total. The third-order valence-electron chi connectivity index (χ3n) is 4.99. The predicted octanol–water partition coefficient (Wildman–Crippen LogP) is 4.87. The fraction of sp³-hybridized carbons (Fsp3) is 0.455. The molecule has 1 aromatic carbocycles. The van der Waals surface area contributed by atoms with Crippen molar-refractivity contribution in [3.8, 4) is 0 Å².